The van der Waals surface area contributed by atoms with E-state index in [1.807, 2.05) is 19.0 Å². The average Bonchev–Trinajstić information content (AvgIpc) is 2.11. The fourth-order valence-corrected chi connectivity index (χ4v) is 0.921. The summed E-state index contributed by atoms with van der Waals surface area (Å²) in [5.41, 5.74) is 0. The van der Waals surface area contributed by atoms with Crippen LogP contribution in [0.2, 0.25) is 0 Å². The Morgan fingerprint density at radius 1 is 1.19 bits per heavy atom. The third-order valence-corrected chi connectivity index (χ3v) is 1.91. The highest BCUT2D eigenvalue weighted by molar-refractivity contribution is 5.77. The molecule has 1 amide bonds. The van der Waals surface area contributed by atoms with Crippen molar-refractivity contribution in [3.8, 4) is 0 Å². The molecule has 0 unspecified atom stereocenters. The number of alkyl halides is 3. The van der Waals surface area contributed by atoms with E-state index in [9.17, 15) is 18.0 Å². The van der Waals surface area contributed by atoms with E-state index >= 15 is 0 Å². The second kappa shape index (κ2) is 6.70. The molecule has 96 valence electrons. The SMILES string of the molecule is CN(C)CCN(C)C(=O)CNCC(F)(F)F. The molecule has 16 heavy (non-hydrogen) atoms. The molecule has 0 saturated heterocycles. The van der Waals surface area contributed by atoms with E-state index in [1.165, 1.54) is 4.90 Å². The average molecular weight is 241 g/mol. The van der Waals surface area contributed by atoms with Gasteiger partial charge in [-0.05, 0) is 14.1 Å². The van der Waals surface area contributed by atoms with Crippen molar-refractivity contribution < 1.29 is 18.0 Å². The molecule has 0 heterocycles. The van der Waals surface area contributed by atoms with Crippen LogP contribution in [0.3, 0.4) is 0 Å². The number of hydrogen-bond donors (Lipinski definition) is 1. The lowest BCUT2D eigenvalue weighted by Gasteiger charge is -2.20. The molecule has 0 aromatic carbocycles. The highest BCUT2D eigenvalue weighted by atomic mass is 19.4. The molecule has 0 radical (unpaired) electrons. The standard InChI is InChI=1S/C9H18F3N3O/c1-14(2)4-5-15(3)8(16)6-13-7-9(10,11)12/h13H,4-7H2,1-3H3. The molecule has 0 spiro atoms. The minimum atomic E-state index is -4.28. The molecule has 0 bridgehead atoms. The van der Waals surface area contributed by atoms with Crippen molar-refractivity contribution >= 4 is 5.91 Å². The normalized spacial score (nSPS) is 11.9. The van der Waals surface area contributed by atoms with Crippen LogP contribution in [0.5, 0.6) is 0 Å². The summed E-state index contributed by atoms with van der Waals surface area (Å²) in [6.45, 7) is -0.245. The first-order valence-corrected chi connectivity index (χ1v) is 4.88. The van der Waals surface area contributed by atoms with Gasteiger partial charge in [-0.25, -0.2) is 0 Å². The summed E-state index contributed by atoms with van der Waals surface area (Å²) in [7, 11) is 5.29. The molecule has 4 nitrogen and oxygen atoms in total. The number of rotatable bonds is 6. The topological polar surface area (TPSA) is 35.6 Å². The summed E-state index contributed by atoms with van der Waals surface area (Å²) < 4.78 is 35.3. The Morgan fingerprint density at radius 3 is 2.19 bits per heavy atom. The van der Waals surface area contributed by atoms with Crippen LogP contribution in [0.25, 0.3) is 0 Å². The maximum Gasteiger partial charge on any atom is 0.401 e. The van der Waals surface area contributed by atoms with Gasteiger partial charge < -0.3 is 15.1 Å². The van der Waals surface area contributed by atoms with Gasteiger partial charge in [-0.3, -0.25) is 4.79 Å². The minimum absolute atomic E-state index is 0.288. The molecular weight excluding hydrogens is 223 g/mol. The van der Waals surface area contributed by atoms with Crippen LogP contribution >= 0.6 is 0 Å². The summed E-state index contributed by atoms with van der Waals surface area (Å²) >= 11 is 0. The van der Waals surface area contributed by atoms with Gasteiger partial charge in [-0.2, -0.15) is 13.2 Å². The summed E-state index contributed by atoms with van der Waals surface area (Å²) in [5.74, 6) is -0.342. The molecule has 0 rings (SSSR count). The van der Waals surface area contributed by atoms with Gasteiger partial charge in [0, 0.05) is 20.1 Å². The number of carbonyl (C=O) groups is 1. The van der Waals surface area contributed by atoms with Crippen molar-refractivity contribution in [3.63, 3.8) is 0 Å². The van der Waals surface area contributed by atoms with Gasteiger partial charge >= 0.3 is 6.18 Å². The van der Waals surface area contributed by atoms with E-state index < -0.39 is 12.7 Å². The first-order valence-electron chi connectivity index (χ1n) is 4.88. The van der Waals surface area contributed by atoms with E-state index in [2.05, 4.69) is 5.32 Å². The van der Waals surface area contributed by atoms with Crippen LogP contribution < -0.4 is 5.32 Å². The van der Waals surface area contributed by atoms with Gasteiger partial charge in [0.2, 0.25) is 5.91 Å². The van der Waals surface area contributed by atoms with E-state index in [4.69, 9.17) is 0 Å². The largest absolute Gasteiger partial charge is 0.401 e. The summed E-state index contributed by atoms with van der Waals surface area (Å²) in [4.78, 5) is 14.6. The van der Waals surface area contributed by atoms with Gasteiger partial charge in [-0.1, -0.05) is 0 Å². The van der Waals surface area contributed by atoms with Crippen molar-refractivity contribution in [1.82, 2.24) is 15.1 Å². The minimum Gasteiger partial charge on any atom is -0.343 e. The molecule has 0 aromatic rings. The highest BCUT2D eigenvalue weighted by Crippen LogP contribution is 2.11. The third kappa shape index (κ3) is 8.49. The Morgan fingerprint density at radius 2 is 1.75 bits per heavy atom. The Labute approximate surface area is 93.4 Å². The van der Waals surface area contributed by atoms with Gasteiger partial charge in [0.25, 0.3) is 0 Å². The number of carbonyl (C=O) groups excluding carboxylic acids is 1. The number of amides is 1. The lowest BCUT2D eigenvalue weighted by atomic mass is 10.4. The fraction of sp³-hybridized carbons (Fsp3) is 0.889. The Kier molecular flexibility index (Phi) is 6.35. The predicted octanol–water partition coefficient (Wildman–Crippen LogP) is 0.158. The van der Waals surface area contributed by atoms with Gasteiger partial charge in [0.15, 0.2) is 0 Å². The number of hydrogen-bond acceptors (Lipinski definition) is 3. The van der Waals surface area contributed by atoms with E-state index in [0.717, 1.165) is 0 Å². The molecule has 0 aliphatic heterocycles. The van der Waals surface area contributed by atoms with Crippen molar-refractivity contribution in [2.75, 3.05) is 47.3 Å². The first-order chi connectivity index (χ1) is 7.22. The van der Waals surface area contributed by atoms with Gasteiger partial charge in [0.05, 0.1) is 13.1 Å². The fourth-order valence-electron chi connectivity index (χ4n) is 0.921. The van der Waals surface area contributed by atoms with Gasteiger partial charge in [-0.15, -0.1) is 0 Å². The second-order valence-electron chi connectivity index (χ2n) is 3.84. The van der Waals surface area contributed by atoms with Crippen molar-refractivity contribution in [2.45, 2.75) is 6.18 Å². The lowest BCUT2D eigenvalue weighted by molar-refractivity contribution is -0.133. The smallest absolute Gasteiger partial charge is 0.343 e. The van der Waals surface area contributed by atoms with Crippen LogP contribution in [0.1, 0.15) is 0 Å². The van der Waals surface area contributed by atoms with E-state index in [-0.39, 0.29) is 12.5 Å². The molecule has 0 aliphatic carbocycles. The summed E-state index contributed by atoms with van der Waals surface area (Å²) in [6.07, 6.45) is -4.28. The third-order valence-electron chi connectivity index (χ3n) is 1.91. The van der Waals surface area contributed by atoms with Crippen LogP contribution in [-0.4, -0.2) is 69.2 Å². The Bertz CT molecular complexity index is 219. The maximum absolute atomic E-state index is 11.8. The number of nitrogens with zero attached hydrogens (tertiary/aromatic N) is 2. The molecule has 0 fully saturated rings. The van der Waals surface area contributed by atoms with Crippen LogP contribution in [-0.2, 0) is 4.79 Å². The van der Waals surface area contributed by atoms with Crippen LogP contribution in [0.15, 0.2) is 0 Å². The quantitative estimate of drug-likeness (QED) is 0.719. The van der Waals surface area contributed by atoms with Crippen LogP contribution in [0, 0.1) is 0 Å². The summed E-state index contributed by atoms with van der Waals surface area (Å²) in [6, 6.07) is 0. The van der Waals surface area contributed by atoms with Crippen molar-refractivity contribution in [2.24, 2.45) is 0 Å². The zero-order chi connectivity index (χ0) is 12.8. The molecule has 0 aromatic heterocycles. The first kappa shape index (κ1) is 15.2. The maximum atomic E-state index is 11.8. The van der Waals surface area contributed by atoms with E-state index in [1.54, 1.807) is 7.05 Å². The monoisotopic (exact) mass is 241 g/mol. The molecule has 1 N–H and O–H groups in total. The Hall–Kier alpha value is -0.820. The second-order valence-corrected chi connectivity index (χ2v) is 3.84. The molecule has 0 saturated carbocycles. The van der Waals surface area contributed by atoms with Crippen molar-refractivity contribution in [1.29, 1.82) is 0 Å². The summed E-state index contributed by atoms with van der Waals surface area (Å²) in [5, 5.41) is 2.06. The highest BCUT2D eigenvalue weighted by Gasteiger charge is 2.26. The predicted molar refractivity (Wildman–Crippen MR) is 55.1 cm³/mol. The zero-order valence-corrected chi connectivity index (χ0v) is 9.76. The molecule has 7 heteroatoms. The van der Waals surface area contributed by atoms with E-state index in [0.29, 0.717) is 13.1 Å². The Balaban J connectivity index is 3.71. The number of halogens is 3. The number of likely N-dealkylation sites (N-methyl/N-ethyl adjacent to an activating group) is 2. The molecular formula is C9H18F3N3O. The number of nitrogens with one attached hydrogen (secondary N) is 1. The van der Waals surface area contributed by atoms with Gasteiger partial charge in [0.1, 0.15) is 0 Å². The zero-order valence-electron chi connectivity index (χ0n) is 9.76. The lowest BCUT2D eigenvalue weighted by Crippen LogP contribution is -2.41. The van der Waals surface area contributed by atoms with Crippen LogP contribution in [0.4, 0.5) is 13.2 Å². The molecule has 0 aliphatic rings. The molecule has 0 atom stereocenters. The van der Waals surface area contributed by atoms with Crippen molar-refractivity contribution in [3.05, 3.63) is 0 Å².